The number of nitrogens with zero attached hydrogens (tertiary/aromatic N) is 2. The first-order chi connectivity index (χ1) is 11.8. The van der Waals surface area contributed by atoms with E-state index in [1.807, 2.05) is 13.0 Å². The molecule has 25 heavy (non-hydrogen) atoms. The third-order valence-corrected chi connectivity index (χ3v) is 5.92. The predicted octanol–water partition coefficient (Wildman–Crippen LogP) is 2.29. The fourth-order valence-corrected chi connectivity index (χ4v) is 4.40. The quantitative estimate of drug-likeness (QED) is 0.843. The second-order valence-corrected chi connectivity index (χ2v) is 8.61. The van der Waals surface area contributed by atoms with Crippen LogP contribution in [0.3, 0.4) is 0 Å². The third kappa shape index (κ3) is 4.46. The number of nitrogens with one attached hydrogen (secondary N) is 2. The van der Waals surface area contributed by atoms with Crippen molar-refractivity contribution >= 4 is 38.9 Å². The summed E-state index contributed by atoms with van der Waals surface area (Å²) < 4.78 is 22.9. The van der Waals surface area contributed by atoms with E-state index in [4.69, 9.17) is 11.6 Å². The molecule has 2 aromatic rings. The van der Waals surface area contributed by atoms with Gasteiger partial charge in [0.05, 0.1) is 23.9 Å². The number of sulfone groups is 1. The molecule has 1 atom stereocenters. The molecule has 132 valence electrons. The lowest BCUT2D eigenvalue weighted by Gasteiger charge is -2.11. The summed E-state index contributed by atoms with van der Waals surface area (Å²) in [5.74, 6) is 0.313. The van der Waals surface area contributed by atoms with Gasteiger partial charge in [-0.25, -0.2) is 18.4 Å². The number of rotatable bonds is 4. The van der Waals surface area contributed by atoms with Crippen molar-refractivity contribution in [1.29, 1.82) is 0 Å². The molecule has 2 N–H and O–H groups in total. The van der Waals surface area contributed by atoms with E-state index in [0.29, 0.717) is 22.9 Å². The zero-order chi connectivity index (χ0) is 18.0. The first-order valence-electron chi connectivity index (χ1n) is 7.69. The maximum atomic E-state index is 12.3. The summed E-state index contributed by atoms with van der Waals surface area (Å²) in [6.45, 7) is 1.86. The number of amides is 1. The molecule has 1 fully saturated rings. The van der Waals surface area contributed by atoms with E-state index in [-0.39, 0.29) is 23.2 Å². The Morgan fingerprint density at radius 2 is 2.08 bits per heavy atom. The third-order valence-electron chi connectivity index (χ3n) is 3.92. The average molecular weight is 381 g/mol. The minimum atomic E-state index is -2.96. The first-order valence-corrected chi connectivity index (χ1v) is 9.89. The van der Waals surface area contributed by atoms with Crippen LogP contribution in [0.25, 0.3) is 0 Å². The van der Waals surface area contributed by atoms with Crippen molar-refractivity contribution < 1.29 is 13.2 Å². The predicted molar refractivity (Wildman–Crippen MR) is 96.9 cm³/mol. The highest BCUT2D eigenvalue weighted by Gasteiger charge is 2.28. The van der Waals surface area contributed by atoms with Crippen LogP contribution in [0.5, 0.6) is 0 Å². The summed E-state index contributed by atoms with van der Waals surface area (Å²) in [6.07, 6.45) is 3.31. The van der Waals surface area contributed by atoms with Crippen molar-refractivity contribution in [3.8, 4) is 0 Å². The number of anilines is 2. The van der Waals surface area contributed by atoms with Crippen molar-refractivity contribution in [1.82, 2.24) is 9.97 Å². The largest absolute Gasteiger partial charge is 0.365 e. The molecule has 1 aromatic heterocycles. The number of carbonyl (C=O) groups excluding carboxylic acids is 1. The van der Waals surface area contributed by atoms with Gasteiger partial charge in [-0.15, -0.1) is 0 Å². The molecule has 1 amide bonds. The summed E-state index contributed by atoms with van der Waals surface area (Å²) in [6, 6.07) is 5.05. The maximum absolute atomic E-state index is 12.3. The summed E-state index contributed by atoms with van der Waals surface area (Å²) in [5, 5.41) is 6.30. The van der Waals surface area contributed by atoms with Gasteiger partial charge in [-0.3, -0.25) is 4.79 Å². The van der Waals surface area contributed by atoms with Crippen LogP contribution in [0.15, 0.2) is 30.6 Å². The zero-order valence-corrected chi connectivity index (χ0v) is 15.1. The average Bonchev–Trinajstić information content (AvgIpc) is 2.90. The normalized spacial score (nSPS) is 18.7. The highest BCUT2D eigenvalue weighted by molar-refractivity contribution is 7.91. The maximum Gasteiger partial charge on any atom is 0.275 e. The molecule has 1 aliphatic heterocycles. The molecule has 0 spiro atoms. The van der Waals surface area contributed by atoms with Gasteiger partial charge in [-0.1, -0.05) is 17.7 Å². The van der Waals surface area contributed by atoms with Crippen molar-refractivity contribution in [2.75, 3.05) is 22.1 Å². The molecule has 1 aliphatic rings. The van der Waals surface area contributed by atoms with Gasteiger partial charge >= 0.3 is 0 Å². The molecule has 0 saturated carbocycles. The van der Waals surface area contributed by atoms with Gasteiger partial charge in [-0.05, 0) is 31.0 Å². The van der Waals surface area contributed by atoms with Crippen LogP contribution >= 0.6 is 11.6 Å². The van der Waals surface area contributed by atoms with Gasteiger partial charge in [0.15, 0.2) is 9.84 Å². The Balaban J connectivity index is 1.65. The minimum absolute atomic E-state index is 0.0883. The number of aryl methyl sites for hydroxylation is 1. The zero-order valence-electron chi connectivity index (χ0n) is 13.5. The standard InChI is InChI=1S/C16H17ClN4O3S/c1-10-2-3-11(17)6-13(10)21-16(22)14-7-19-15(8-18-14)20-12-4-5-25(23,24)9-12/h2-3,6-8,12H,4-5,9H2,1H3,(H,19,20)(H,21,22). The van der Waals surface area contributed by atoms with Crippen LogP contribution in [0.1, 0.15) is 22.5 Å². The summed E-state index contributed by atoms with van der Waals surface area (Å²) in [7, 11) is -2.96. The van der Waals surface area contributed by atoms with Crippen molar-refractivity contribution in [3.63, 3.8) is 0 Å². The number of carbonyl (C=O) groups is 1. The Kier molecular flexibility index (Phi) is 4.91. The molecule has 0 aliphatic carbocycles. The van der Waals surface area contributed by atoms with Gasteiger partial charge < -0.3 is 10.6 Å². The number of aromatic nitrogens is 2. The van der Waals surface area contributed by atoms with E-state index in [9.17, 15) is 13.2 Å². The molecule has 9 heteroatoms. The number of halogens is 1. The number of hydrogen-bond donors (Lipinski definition) is 2. The monoisotopic (exact) mass is 380 g/mol. The second-order valence-electron chi connectivity index (χ2n) is 5.94. The van der Waals surface area contributed by atoms with Crippen molar-refractivity contribution in [2.24, 2.45) is 0 Å². The Bertz CT molecular complexity index is 900. The number of benzene rings is 1. The Morgan fingerprint density at radius 3 is 2.72 bits per heavy atom. The Morgan fingerprint density at radius 1 is 1.28 bits per heavy atom. The lowest BCUT2D eigenvalue weighted by molar-refractivity contribution is 0.102. The molecule has 1 saturated heterocycles. The fraction of sp³-hybridized carbons (Fsp3) is 0.312. The van der Waals surface area contributed by atoms with E-state index < -0.39 is 15.7 Å². The Labute approximate surface area is 150 Å². The van der Waals surface area contributed by atoms with Crippen LogP contribution in [0.4, 0.5) is 11.5 Å². The van der Waals surface area contributed by atoms with E-state index in [2.05, 4.69) is 20.6 Å². The molecular weight excluding hydrogens is 364 g/mol. The van der Waals surface area contributed by atoms with Gasteiger partial charge in [0.1, 0.15) is 11.5 Å². The molecule has 7 nitrogen and oxygen atoms in total. The lowest BCUT2D eigenvalue weighted by Crippen LogP contribution is -2.22. The van der Waals surface area contributed by atoms with E-state index in [1.54, 1.807) is 12.1 Å². The fourth-order valence-electron chi connectivity index (χ4n) is 2.55. The second kappa shape index (κ2) is 6.97. The summed E-state index contributed by atoms with van der Waals surface area (Å²) in [5.41, 5.74) is 1.65. The lowest BCUT2D eigenvalue weighted by atomic mass is 10.2. The van der Waals surface area contributed by atoms with E-state index in [1.165, 1.54) is 12.4 Å². The Hall–Kier alpha value is -2.19. The smallest absolute Gasteiger partial charge is 0.275 e. The highest BCUT2D eigenvalue weighted by Crippen LogP contribution is 2.21. The molecule has 1 aromatic carbocycles. The van der Waals surface area contributed by atoms with Gasteiger partial charge in [-0.2, -0.15) is 0 Å². The SMILES string of the molecule is Cc1ccc(Cl)cc1NC(=O)c1cnc(NC2CCS(=O)(=O)C2)cn1. The van der Waals surface area contributed by atoms with Gasteiger partial charge in [0.25, 0.3) is 5.91 Å². The molecule has 0 radical (unpaired) electrons. The van der Waals surface area contributed by atoms with Crippen LogP contribution in [0, 0.1) is 6.92 Å². The van der Waals surface area contributed by atoms with Crippen LogP contribution in [-0.4, -0.2) is 41.8 Å². The van der Waals surface area contributed by atoms with Crippen molar-refractivity contribution in [2.45, 2.75) is 19.4 Å². The molecule has 2 heterocycles. The first kappa shape index (κ1) is 17.6. The summed E-state index contributed by atoms with van der Waals surface area (Å²) in [4.78, 5) is 20.5. The van der Waals surface area contributed by atoms with Crippen LogP contribution < -0.4 is 10.6 Å². The minimum Gasteiger partial charge on any atom is -0.365 e. The molecule has 1 unspecified atom stereocenters. The molecule has 3 rings (SSSR count). The van der Waals surface area contributed by atoms with Gasteiger partial charge in [0.2, 0.25) is 0 Å². The topological polar surface area (TPSA) is 101 Å². The van der Waals surface area contributed by atoms with E-state index >= 15 is 0 Å². The van der Waals surface area contributed by atoms with Gasteiger partial charge in [0, 0.05) is 16.8 Å². The summed E-state index contributed by atoms with van der Waals surface area (Å²) >= 11 is 5.94. The highest BCUT2D eigenvalue weighted by atomic mass is 35.5. The number of hydrogen-bond acceptors (Lipinski definition) is 6. The van der Waals surface area contributed by atoms with E-state index in [0.717, 1.165) is 5.56 Å². The van der Waals surface area contributed by atoms with Crippen molar-refractivity contribution in [3.05, 3.63) is 46.9 Å². The molecular formula is C16H17ClN4O3S. The van der Waals surface area contributed by atoms with Crippen LogP contribution in [-0.2, 0) is 9.84 Å². The van der Waals surface area contributed by atoms with Crippen LogP contribution in [0.2, 0.25) is 5.02 Å². The molecule has 0 bridgehead atoms.